The first-order valence-electron chi connectivity index (χ1n) is 27.4. The van der Waals surface area contributed by atoms with Gasteiger partial charge < -0.3 is 56.7 Å². The lowest BCUT2D eigenvalue weighted by Gasteiger charge is -2.38. The molecule has 8 N–H and O–H groups in total. The van der Waals surface area contributed by atoms with Gasteiger partial charge in [-0.25, -0.2) is 24.7 Å². The summed E-state index contributed by atoms with van der Waals surface area (Å²) in [6.07, 6.45) is 9.09. The number of aromatic nitrogens is 4. The van der Waals surface area contributed by atoms with Crippen LogP contribution >= 0.6 is 22.7 Å². The highest BCUT2D eigenvalue weighted by molar-refractivity contribution is 7.19. The molecule has 4 aromatic heterocycles. The summed E-state index contributed by atoms with van der Waals surface area (Å²) in [5.41, 5.74) is 15.2. The zero-order chi connectivity index (χ0) is 58.2. The third-order valence-corrected chi connectivity index (χ3v) is 18.1. The topological polar surface area (TPSA) is 291 Å². The van der Waals surface area contributed by atoms with Gasteiger partial charge in [-0.05, 0) is 143 Å². The first-order chi connectivity index (χ1) is 38.7. The number of primary amides is 2. The standard InChI is InChI=1S/C29H36N6O4S.C20H29N3S.C9H9N3O5/c1-16-5-7-23(18-6-8-24-22(11-18)33-28(40-24)20-9-10-34(3)15-17(20)2)35(14-16)29(38)26(37)32-19-12-21(25(30)36)27(39-4)31-13-19;1-13-4-6-17(21-11-13)15-5-7-19-18(10-15)22-20(24-19)16-8-9-23(3)12-14(16)2;1-17-8-5(6(10)13)2-4(3-11-8)12-7(14)9(15)16/h6,8,11-13,16-17,20,23H,5,7,9-10,14-15H2,1-4H3,(H2,30,36)(H,32,37);5,7,10,13-14,16-17,21H,4,6,8-9,11-12H2,1-3H3;2-3H,1H3,(H2,10,13)(H,12,14)(H,15,16)/t16-,17+,20-,23+;13-,14+,16-,17+;/m00./s1. The van der Waals surface area contributed by atoms with Crippen molar-refractivity contribution in [2.45, 2.75) is 90.1 Å². The van der Waals surface area contributed by atoms with Gasteiger partial charge in [0.15, 0.2) is 0 Å². The number of piperidine rings is 4. The van der Waals surface area contributed by atoms with E-state index in [1.54, 1.807) is 16.2 Å². The Kier molecular flexibility index (Phi) is 19.7. The Hall–Kier alpha value is -7.18. The van der Waals surface area contributed by atoms with Gasteiger partial charge in [0, 0.05) is 37.5 Å². The number of methoxy groups -OCH3 is 2. The van der Waals surface area contributed by atoms with Crippen LogP contribution in [0.2, 0.25) is 0 Å². The molecule has 0 radical (unpaired) electrons. The zero-order valence-electron chi connectivity index (χ0n) is 47.2. The Morgan fingerprint density at radius 2 is 1.14 bits per heavy atom. The van der Waals surface area contributed by atoms with Crippen LogP contribution in [-0.4, -0.2) is 143 Å². The molecule has 0 aliphatic carbocycles. The average Bonchev–Trinajstić information content (AvgIpc) is 4.07. The molecule has 0 saturated carbocycles. The van der Waals surface area contributed by atoms with Crippen molar-refractivity contribution < 1.29 is 43.3 Å². The number of carboxylic acid groups (broad SMARTS) is 1. The molecule has 8 atom stereocenters. The van der Waals surface area contributed by atoms with E-state index in [0.29, 0.717) is 36.3 Å². The minimum atomic E-state index is -1.65. The Morgan fingerprint density at radius 1 is 0.642 bits per heavy atom. The van der Waals surface area contributed by atoms with Crippen molar-refractivity contribution in [3.63, 3.8) is 0 Å². The highest BCUT2D eigenvalue weighted by atomic mass is 32.1. The van der Waals surface area contributed by atoms with E-state index in [9.17, 15) is 28.8 Å². The minimum Gasteiger partial charge on any atom is -0.480 e. The van der Waals surface area contributed by atoms with Crippen LogP contribution in [0.4, 0.5) is 11.4 Å². The van der Waals surface area contributed by atoms with Gasteiger partial charge in [0.05, 0.1) is 74.5 Å². The summed E-state index contributed by atoms with van der Waals surface area (Å²) in [7, 11) is 7.06. The summed E-state index contributed by atoms with van der Waals surface area (Å²) < 4.78 is 12.3. The highest BCUT2D eigenvalue weighted by Crippen LogP contribution is 2.41. The van der Waals surface area contributed by atoms with E-state index < -0.39 is 35.5 Å². The Bertz CT molecular complexity index is 3270. The van der Waals surface area contributed by atoms with Crippen molar-refractivity contribution in [3.05, 3.63) is 93.2 Å². The maximum Gasteiger partial charge on any atom is 0.394 e. The molecule has 5 amide bonds. The Balaban J connectivity index is 0.000000177. The molecule has 0 unspecified atom stereocenters. The van der Waals surface area contributed by atoms with Gasteiger partial charge in [-0.3, -0.25) is 24.0 Å². The smallest absolute Gasteiger partial charge is 0.394 e. The van der Waals surface area contributed by atoms with Crippen molar-refractivity contribution in [2.75, 3.05) is 78.2 Å². The van der Waals surface area contributed by atoms with Crippen LogP contribution in [0.25, 0.3) is 20.4 Å². The van der Waals surface area contributed by atoms with Crippen LogP contribution in [0.1, 0.15) is 132 Å². The monoisotopic (exact) mass is 1150 g/mol. The van der Waals surface area contributed by atoms with Crippen molar-refractivity contribution in [1.29, 1.82) is 0 Å². The lowest BCUT2D eigenvalue weighted by molar-refractivity contribution is -0.147. The molecule has 2 aromatic carbocycles. The van der Waals surface area contributed by atoms with E-state index in [2.05, 4.69) is 109 Å². The highest BCUT2D eigenvalue weighted by Gasteiger charge is 2.36. The molecule has 21 nitrogen and oxygen atoms in total. The number of thiazole rings is 2. The first kappa shape index (κ1) is 59.9. The van der Waals surface area contributed by atoms with Crippen molar-refractivity contribution in [2.24, 2.45) is 35.1 Å². The number of hydrogen-bond donors (Lipinski definition) is 6. The fraction of sp³-hybridized carbons (Fsp3) is 0.483. The van der Waals surface area contributed by atoms with Gasteiger partial charge in [0.1, 0.15) is 11.1 Å². The molecule has 0 spiro atoms. The normalized spacial score (nSPS) is 23.2. The minimum absolute atomic E-state index is 0.00850. The lowest BCUT2D eigenvalue weighted by Crippen LogP contribution is -2.46. The third-order valence-electron chi connectivity index (χ3n) is 15.8. The quantitative estimate of drug-likeness (QED) is 0.0728. The van der Waals surface area contributed by atoms with Gasteiger partial charge in [-0.2, -0.15) is 0 Å². The summed E-state index contributed by atoms with van der Waals surface area (Å²) in [4.78, 5) is 94.8. The molecule has 4 saturated heterocycles. The molecule has 6 aromatic rings. The molecule has 8 heterocycles. The van der Waals surface area contributed by atoms with E-state index in [4.69, 9.17) is 36.0 Å². The van der Waals surface area contributed by atoms with Crippen LogP contribution in [0.5, 0.6) is 11.8 Å². The largest absolute Gasteiger partial charge is 0.480 e. The molecular formula is C58H74N12O9S2. The van der Waals surface area contributed by atoms with Crippen LogP contribution in [-0.2, 0) is 19.2 Å². The number of benzene rings is 2. The average molecular weight is 1150 g/mol. The summed E-state index contributed by atoms with van der Waals surface area (Å²) in [5.74, 6) is -2.43. The summed E-state index contributed by atoms with van der Waals surface area (Å²) in [6.45, 7) is 15.2. The number of rotatable bonds is 10. The van der Waals surface area contributed by atoms with E-state index in [1.165, 1.54) is 90.7 Å². The van der Waals surface area contributed by atoms with Gasteiger partial charge in [-0.1, -0.05) is 39.8 Å². The van der Waals surface area contributed by atoms with Gasteiger partial charge in [0.2, 0.25) is 11.8 Å². The predicted octanol–water partition coefficient (Wildman–Crippen LogP) is 7.42. The number of hydrogen-bond acceptors (Lipinski definition) is 17. The summed E-state index contributed by atoms with van der Waals surface area (Å²) in [6, 6.07) is 16.0. The molecule has 4 aliphatic heterocycles. The second kappa shape index (κ2) is 26.6. The maximum absolute atomic E-state index is 13.5. The number of nitrogens with one attached hydrogen (secondary N) is 3. The number of nitrogens with two attached hydrogens (primary N) is 2. The number of nitrogens with zero attached hydrogens (tertiary/aromatic N) is 7. The molecule has 432 valence electrons. The van der Waals surface area contributed by atoms with Gasteiger partial charge >= 0.3 is 23.7 Å². The van der Waals surface area contributed by atoms with Crippen LogP contribution < -0.4 is 36.9 Å². The number of fused-ring (bicyclic) bond motifs is 2. The molecular weight excluding hydrogens is 1070 g/mol. The van der Waals surface area contributed by atoms with Gasteiger partial charge in [0.25, 0.3) is 11.8 Å². The summed E-state index contributed by atoms with van der Waals surface area (Å²) >= 11 is 3.68. The van der Waals surface area contributed by atoms with Crippen LogP contribution in [0.3, 0.4) is 0 Å². The molecule has 4 aliphatic rings. The number of aliphatic carboxylic acids is 1. The second-order valence-corrected chi connectivity index (χ2v) is 24.3. The zero-order valence-corrected chi connectivity index (χ0v) is 48.8. The number of carbonyl (C=O) groups is 6. The third kappa shape index (κ3) is 14.7. The molecule has 81 heavy (non-hydrogen) atoms. The predicted molar refractivity (Wildman–Crippen MR) is 313 cm³/mol. The second-order valence-electron chi connectivity index (χ2n) is 22.1. The van der Waals surface area contributed by atoms with E-state index in [0.717, 1.165) is 66.8 Å². The molecule has 23 heteroatoms. The van der Waals surface area contributed by atoms with Crippen molar-refractivity contribution in [3.8, 4) is 11.8 Å². The van der Waals surface area contributed by atoms with Gasteiger partial charge in [-0.15, -0.1) is 22.7 Å². The maximum atomic E-state index is 13.5. The number of pyridine rings is 2. The van der Waals surface area contributed by atoms with Crippen molar-refractivity contribution in [1.82, 2.24) is 40.0 Å². The lowest BCUT2D eigenvalue weighted by atomic mass is 9.87. The van der Waals surface area contributed by atoms with Crippen LogP contribution in [0, 0.1) is 23.7 Å². The van der Waals surface area contributed by atoms with E-state index in [1.807, 2.05) is 16.7 Å². The number of ether oxygens (including phenoxy) is 2. The molecule has 4 fully saturated rings. The van der Waals surface area contributed by atoms with Crippen molar-refractivity contribution >= 4 is 90.0 Å². The fourth-order valence-electron chi connectivity index (χ4n) is 11.3. The van der Waals surface area contributed by atoms with E-state index >= 15 is 0 Å². The molecule has 0 bridgehead atoms. The number of anilines is 2. The Labute approximate surface area is 479 Å². The molecule has 10 rings (SSSR count). The SMILES string of the molecule is COc1ncc(NC(=O)C(=O)N2C[C@@H](C)CC[C@@H]2c2ccc3sc([C@H]4CCN(C)C[C@H]4C)nc3c2)cc1C(N)=O.COc1ncc(NC(=O)C(=O)O)cc1C(N)=O.C[C@H]1CC[C@H](c2ccc3sc([C@H]4CCN(C)C[C@H]4C)nc3c2)NC1. The number of likely N-dealkylation sites (tertiary alicyclic amines) is 3. The number of carbonyl (C=O) groups excluding carboxylic acids is 5. The number of carboxylic acids is 1. The van der Waals surface area contributed by atoms with Crippen LogP contribution in [0.15, 0.2) is 60.9 Å². The summed E-state index contributed by atoms with van der Waals surface area (Å²) in [5, 5.41) is 19.2. The Morgan fingerprint density at radius 3 is 1.60 bits per heavy atom. The first-order valence-corrected chi connectivity index (χ1v) is 29.1. The van der Waals surface area contributed by atoms with E-state index in [-0.39, 0.29) is 46.2 Å². The number of amides is 5. The fourth-order valence-corrected chi connectivity index (χ4v) is 13.8.